The second-order valence-electron chi connectivity index (χ2n) is 13.0. The molecule has 1 aromatic carbocycles. The molecule has 2 aliphatic rings. The summed E-state index contributed by atoms with van der Waals surface area (Å²) in [4.78, 5) is 30.3. The van der Waals surface area contributed by atoms with E-state index in [4.69, 9.17) is 56.6 Å². The quantitative estimate of drug-likeness (QED) is 0.133. The van der Waals surface area contributed by atoms with Gasteiger partial charge in [0.2, 0.25) is 5.88 Å². The van der Waals surface area contributed by atoms with Gasteiger partial charge in [-0.1, -0.05) is 23.2 Å². The number of hydrogen-bond donors (Lipinski definition) is 0. The summed E-state index contributed by atoms with van der Waals surface area (Å²) in [6.07, 6.45) is 2.09. The summed E-state index contributed by atoms with van der Waals surface area (Å²) in [5.41, 5.74) is 0.0429. The molecule has 50 heavy (non-hydrogen) atoms. The first kappa shape index (κ1) is 36.0. The molecule has 270 valence electrons. The van der Waals surface area contributed by atoms with Crippen molar-refractivity contribution >= 4 is 56.9 Å². The van der Waals surface area contributed by atoms with Gasteiger partial charge in [0.1, 0.15) is 39.0 Å². The third kappa shape index (κ3) is 7.61. The van der Waals surface area contributed by atoms with E-state index in [1.165, 1.54) is 20.3 Å². The van der Waals surface area contributed by atoms with Gasteiger partial charge in [0.25, 0.3) is 0 Å². The number of rotatable bonds is 9. The first-order chi connectivity index (χ1) is 23.9. The van der Waals surface area contributed by atoms with Crippen molar-refractivity contribution in [1.29, 1.82) is 0 Å². The minimum Gasteiger partial charge on any atom is -0.455 e. The number of amides is 1. The first-order valence-corrected chi connectivity index (χ1v) is 17.1. The lowest BCUT2D eigenvalue weighted by Gasteiger charge is -2.36. The molecule has 0 radical (unpaired) electrons. The zero-order chi connectivity index (χ0) is 35.7. The molecule has 4 aromatic rings. The average molecular weight is 737 g/mol. The SMILES string of the molecule is COC(OC)C(C)Oc1nc(N2CCN(C(=O)OC(C)(C)C)CC2)c2cc(Cl)nc(Oc3c(Cl)c(F)cc4c3cnn4C3CCCCO3)c2n1. The smallest absolute Gasteiger partial charge is 0.410 e. The van der Waals surface area contributed by atoms with Crippen molar-refractivity contribution in [3.05, 3.63) is 34.3 Å². The standard InChI is InChI=1S/C33H40Cl2FN7O7/c1-18(30(45-5)46-6)48-31-39-26-19(28(40-31)41-10-12-42(13-11-41)32(44)50-33(2,3)4)15-23(34)38-29(26)49-27-20-17-37-43(24-9-7-8-14-47-24)22(20)16-21(36)25(27)35/h15-18,24,30H,7-14H2,1-6H3. The van der Waals surface area contributed by atoms with Crippen molar-refractivity contribution in [2.45, 2.75) is 71.2 Å². The van der Waals surface area contributed by atoms with Gasteiger partial charge in [-0.15, -0.1) is 0 Å². The van der Waals surface area contributed by atoms with Gasteiger partial charge < -0.3 is 38.2 Å². The highest BCUT2D eigenvalue weighted by molar-refractivity contribution is 6.33. The zero-order valence-corrected chi connectivity index (χ0v) is 30.3. The van der Waals surface area contributed by atoms with E-state index < -0.39 is 29.9 Å². The molecule has 0 bridgehead atoms. The molecule has 2 aliphatic heterocycles. The Labute approximate surface area is 298 Å². The third-order valence-corrected chi connectivity index (χ3v) is 8.87. The van der Waals surface area contributed by atoms with Crippen LogP contribution in [0.1, 0.15) is 53.2 Å². The lowest BCUT2D eigenvalue weighted by Crippen LogP contribution is -2.50. The number of nitrogens with zero attached hydrogens (tertiary/aromatic N) is 7. The first-order valence-electron chi connectivity index (χ1n) is 16.3. The van der Waals surface area contributed by atoms with Crippen LogP contribution in [-0.2, 0) is 18.9 Å². The topological polar surface area (TPSA) is 135 Å². The molecule has 2 saturated heterocycles. The summed E-state index contributed by atoms with van der Waals surface area (Å²) < 4.78 is 51.8. The van der Waals surface area contributed by atoms with E-state index in [1.807, 2.05) is 25.7 Å². The normalized spacial score (nSPS) is 17.8. The number of aromatic nitrogens is 5. The Morgan fingerprint density at radius 3 is 2.44 bits per heavy atom. The molecular formula is C33H40Cl2FN7O7. The molecule has 3 aromatic heterocycles. The number of carbonyl (C=O) groups excluding carboxylic acids is 1. The van der Waals surface area contributed by atoms with Crippen molar-refractivity contribution in [2.24, 2.45) is 0 Å². The van der Waals surface area contributed by atoms with Gasteiger partial charge in [-0.3, -0.25) is 0 Å². The van der Waals surface area contributed by atoms with Gasteiger partial charge >= 0.3 is 12.1 Å². The monoisotopic (exact) mass is 735 g/mol. The summed E-state index contributed by atoms with van der Waals surface area (Å²) in [7, 11) is 2.99. The van der Waals surface area contributed by atoms with Crippen LogP contribution in [0.5, 0.6) is 17.6 Å². The summed E-state index contributed by atoms with van der Waals surface area (Å²) in [5, 5.41) is 5.23. The lowest BCUT2D eigenvalue weighted by molar-refractivity contribution is -0.152. The number of hydrogen-bond acceptors (Lipinski definition) is 12. The van der Waals surface area contributed by atoms with E-state index in [-0.39, 0.29) is 39.6 Å². The summed E-state index contributed by atoms with van der Waals surface area (Å²) in [6, 6.07) is 2.90. The number of anilines is 1. The van der Waals surface area contributed by atoms with Crippen LogP contribution in [0, 0.1) is 5.82 Å². The fraction of sp³-hybridized carbons (Fsp3) is 0.545. The molecule has 5 heterocycles. The summed E-state index contributed by atoms with van der Waals surface area (Å²) >= 11 is 13.1. The number of halogens is 3. The number of fused-ring (bicyclic) bond motifs is 2. The molecule has 2 fully saturated rings. The van der Waals surface area contributed by atoms with Crippen LogP contribution < -0.4 is 14.4 Å². The fourth-order valence-corrected chi connectivity index (χ4v) is 6.35. The van der Waals surface area contributed by atoms with E-state index in [9.17, 15) is 4.79 Å². The number of piperazine rings is 1. The molecule has 6 rings (SSSR count). The maximum absolute atomic E-state index is 15.4. The van der Waals surface area contributed by atoms with E-state index in [1.54, 1.807) is 28.8 Å². The van der Waals surface area contributed by atoms with Crippen LogP contribution >= 0.6 is 23.2 Å². The lowest BCUT2D eigenvalue weighted by atomic mass is 10.2. The highest BCUT2D eigenvalue weighted by Gasteiger charge is 2.30. The molecule has 0 aliphatic carbocycles. The van der Waals surface area contributed by atoms with E-state index in [2.05, 4.69) is 15.1 Å². The maximum atomic E-state index is 15.4. The molecule has 0 N–H and O–H groups in total. The van der Waals surface area contributed by atoms with E-state index >= 15 is 4.39 Å². The minimum absolute atomic E-state index is 0.0133. The van der Waals surface area contributed by atoms with Crippen molar-refractivity contribution < 1.29 is 37.6 Å². The van der Waals surface area contributed by atoms with Crippen molar-refractivity contribution in [2.75, 3.05) is 51.9 Å². The highest BCUT2D eigenvalue weighted by atomic mass is 35.5. The summed E-state index contributed by atoms with van der Waals surface area (Å²) in [6.45, 7) is 9.37. The van der Waals surface area contributed by atoms with E-state index in [0.717, 1.165) is 19.3 Å². The average Bonchev–Trinajstić information content (AvgIpc) is 3.50. The molecule has 14 nitrogen and oxygen atoms in total. The van der Waals surface area contributed by atoms with Crippen molar-refractivity contribution in [3.63, 3.8) is 0 Å². The maximum Gasteiger partial charge on any atom is 0.410 e. The van der Waals surface area contributed by atoms with E-state index in [0.29, 0.717) is 54.9 Å². The Morgan fingerprint density at radius 1 is 1.04 bits per heavy atom. The van der Waals surface area contributed by atoms with Crippen LogP contribution in [0.4, 0.5) is 15.0 Å². The molecule has 2 unspecified atom stereocenters. The zero-order valence-electron chi connectivity index (χ0n) is 28.7. The second kappa shape index (κ2) is 14.8. The van der Waals surface area contributed by atoms with Crippen LogP contribution in [-0.4, -0.2) is 101 Å². The van der Waals surface area contributed by atoms with Gasteiger partial charge in [-0.2, -0.15) is 20.1 Å². The number of methoxy groups -OCH3 is 2. The van der Waals surface area contributed by atoms with Gasteiger partial charge in [0, 0.05) is 53.1 Å². The number of benzene rings is 1. The summed E-state index contributed by atoms with van der Waals surface area (Å²) in [5.74, 6) is -0.328. The Hall–Kier alpha value is -3.76. The third-order valence-electron chi connectivity index (χ3n) is 8.33. The van der Waals surface area contributed by atoms with Gasteiger partial charge in [0.15, 0.2) is 18.3 Å². The number of pyridine rings is 1. The van der Waals surface area contributed by atoms with Gasteiger partial charge in [-0.25, -0.2) is 13.9 Å². The Kier molecular flexibility index (Phi) is 10.7. The largest absolute Gasteiger partial charge is 0.455 e. The molecule has 1 amide bonds. The highest BCUT2D eigenvalue weighted by Crippen LogP contribution is 2.42. The predicted molar refractivity (Wildman–Crippen MR) is 184 cm³/mol. The second-order valence-corrected chi connectivity index (χ2v) is 13.8. The predicted octanol–water partition coefficient (Wildman–Crippen LogP) is 6.76. The van der Waals surface area contributed by atoms with Crippen LogP contribution in [0.25, 0.3) is 21.8 Å². The van der Waals surface area contributed by atoms with Crippen LogP contribution in [0.3, 0.4) is 0 Å². The minimum atomic E-state index is -0.724. The van der Waals surface area contributed by atoms with Gasteiger partial charge in [-0.05, 0) is 53.0 Å². The van der Waals surface area contributed by atoms with Crippen molar-refractivity contribution in [3.8, 4) is 17.6 Å². The molecule has 0 saturated carbocycles. The molecule has 0 spiro atoms. The Balaban J connectivity index is 1.42. The fourth-order valence-electron chi connectivity index (χ4n) is 5.97. The Morgan fingerprint density at radius 2 is 1.78 bits per heavy atom. The Bertz CT molecular complexity index is 1860. The van der Waals surface area contributed by atoms with Gasteiger partial charge in [0.05, 0.1) is 22.5 Å². The molecule has 2 atom stereocenters. The van der Waals surface area contributed by atoms with Crippen molar-refractivity contribution in [1.82, 2.24) is 29.6 Å². The van der Waals surface area contributed by atoms with Crippen LogP contribution in [0.15, 0.2) is 18.3 Å². The number of ether oxygens (including phenoxy) is 6. The molecular weight excluding hydrogens is 696 g/mol. The number of carbonyl (C=O) groups is 1. The van der Waals surface area contributed by atoms with Crippen LogP contribution in [0.2, 0.25) is 10.2 Å². The molecule has 17 heteroatoms.